The standard InChI is InChI=1S/C8H8O2S.2C3H8N4/c1-5(9)7-3-4-8(11-7)6(2)10;2*4-7-3-5-1-2-6-3/h3-4H,1-2H3;2*1-2,4H2,(H2,5,6,7). The highest BCUT2D eigenvalue weighted by molar-refractivity contribution is 7.15. The van der Waals surface area contributed by atoms with Crippen molar-refractivity contribution in [1.82, 2.24) is 21.5 Å². The molecule has 2 aliphatic rings. The monoisotopic (exact) mass is 368 g/mol. The second kappa shape index (κ2) is 11.1. The molecule has 10 nitrogen and oxygen atoms in total. The Kier molecular flexibility index (Phi) is 9.14. The molecule has 11 heteroatoms. The van der Waals surface area contributed by atoms with E-state index >= 15 is 0 Å². The molecule has 25 heavy (non-hydrogen) atoms. The maximum atomic E-state index is 10.8. The highest BCUT2D eigenvalue weighted by atomic mass is 32.1. The molecule has 0 aliphatic carbocycles. The lowest BCUT2D eigenvalue weighted by molar-refractivity contribution is 0.101. The van der Waals surface area contributed by atoms with Crippen LogP contribution in [0.15, 0.2) is 22.1 Å². The van der Waals surface area contributed by atoms with Crippen LogP contribution in [0.3, 0.4) is 0 Å². The quantitative estimate of drug-likeness (QED) is 0.220. The SMILES string of the molecule is CC(=O)c1ccc(C(C)=O)s1.NNC1=NCCN1.NNC1=NCCN1. The van der Waals surface area contributed by atoms with Gasteiger partial charge in [0, 0.05) is 13.1 Å². The summed E-state index contributed by atoms with van der Waals surface area (Å²) in [6.45, 7) is 6.46. The smallest absolute Gasteiger partial charge is 0.205 e. The number of nitrogens with zero attached hydrogens (tertiary/aromatic N) is 2. The summed E-state index contributed by atoms with van der Waals surface area (Å²) >= 11 is 1.25. The average Bonchev–Trinajstić information content (AvgIpc) is 3.38. The molecule has 0 bridgehead atoms. The number of hydrazine groups is 2. The van der Waals surface area contributed by atoms with Crippen molar-refractivity contribution < 1.29 is 9.59 Å². The number of carbonyl (C=O) groups excluding carboxylic acids is 2. The van der Waals surface area contributed by atoms with Crippen molar-refractivity contribution in [2.24, 2.45) is 21.7 Å². The van der Waals surface area contributed by atoms with Gasteiger partial charge in [-0.3, -0.25) is 30.4 Å². The van der Waals surface area contributed by atoms with Crippen LogP contribution in [0.4, 0.5) is 0 Å². The lowest BCUT2D eigenvalue weighted by Gasteiger charge is -1.95. The Bertz CT molecular complexity index is 588. The molecule has 1 aromatic rings. The second-order valence-corrected chi connectivity index (χ2v) is 5.96. The second-order valence-electron chi connectivity index (χ2n) is 4.88. The van der Waals surface area contributed by atoms with Crippen molar-refractivity contribution in [2.75, 3.05) is 26.2 Å². The summed E-state index contributed by atoms with van der Waals surface area (Å²) < 4.78 is 0. The van der Waals surface area contributed by atoms with Crippen molar-refractivity contribution >= 4 is 34.8 Å². The van der Waals surface area contributed by atoms with Crippen LogP contribution < -0.4 is 33.2 Å². The molecule has 0 fully saturated rings. The number of thiophene rings is 1. The number of hydrogen-bond donors (Lipinski definition) is 6. The van der Waals surface area contributed by atoms with Crippen molar-refractivity contribution in [3.8, 4) is 0 Å². The summed E-state index contributed by atoms with van der Waals surface area (Å²) in [4.78, 5) is 30.7. The molecule has 1 aromatic heterocycles. The topological polar surface area (TPSA) is 159 Å². The molecule has 3 heterocycles. The Hall–Kier alpha value is -2.50. The summed E-state index contributed by atoms with van der Waals surface area (Å²) in [5.41, 5.74) is 4.81. The molecule has 0 saturated carbocycles. The number of carbonyl (C=O) groups is 2. The zero-order valence-electron chi connectivity index (χ0n) is 14.3. The van der Waals surface area contributed by atoms with Gasteiger partial charge in [-0.15, -0.1) is 11.3 Å². The fourth-order valence-electron chi connectivity index (χ4n) is 1.71. The molecule has 0 aromatic carbocycles. The molecule has 0 radical (unpaired) electrons. The molecular weight excluding hydrogens is 344 g/mol. The van der Waals surface area contributed by atoms with Gasteiger partial charge >= 0.3 is 0 Å². The van der Waals surface area contributed by atoms with Gasteiger partial charge < -0.3 is 10.6 Å². The van der Waals surface area contributed by atoms with Gasteiger partial charge in [-0.2, -0.15) is 0 Å². The third-order valence-electron chi connectivity index (χ3n) is 2.92. The average molecular weight is 368 g/mol. The van der Waals surface area contributed by atoms with Gasteiger partial charge in [0.2, 0.25) is 11.9 Å². The fourth-order valence-corrected chi connectivity index (χ4v) is 2.50. The van der Waals surface area contributed by atoms with Gasteiger partial charge in [0.15, 0.2) is 11.6 Å². The Morgan fingerprint density at radius 2 is 1.36 bits per heavy atom. The zero-order chi connectivity index (χ0) is 18.7. The van der Waals surface area contributed by atoms with E-state index in [1.807, 2.05) is 0 Å². The largest absolute Gasteiger partial charge is 0.353 e. The highest BCUT2D eigenvalue weighted by Gasteiger charge is 2.06. The summed E-state index contributed by atoms with van der Waals surface area (Å²) in [5, 5.41) is 5.84. The van der Waals surface area contributed by atoms with Crippen LogP contribution in [0.5, 0.6) is 0 Å². The van der Waals surface area contributed by atoms with Gasteiger partial charge in [0.25, 0.3) is 0 Å². The van der Waals surface area contributed by atoms with Crippen molar-refractivity contribution in [1.29, 1.82) is 0 Å². The predicted molar refractivity (Wildman–Crippen MR) is 99.6 cm³/mol. The normalized spacial score (nSPS) is 14.4. The van der Waals surface area contributed by atoms with E-state index in [1.165, 1.54) is 25.2 Å². The Morgan fingerprint density at radius 1 is 0.960 bits per heavy atom. The van der Waals surface area contributed by atoms with Gasteiger partial charge in [0.05, 0.1) is 22.8 Å². The molecule has 138 valence electrons. The van der Waals surface area contributed by atoms with Gasteiger partial charge in [0.1, 0.15) is 0 Å². The molecule has 0 atom stereocenters. The van der Waals surface area contributed by atoms with E-state index in [2.05, 4.69) is 31.5 Å². The Morgan fingerprint density at radius 3 is 1.52 bits per heavy atom. The van der Waals surface area contributed by atoms with Crippen LogP contribution in [0.2, 0.25) is 0 Å². The Balaban J connectivity index is 0.000000195. The van der Waals surface area contributed by atoms with E-state index in [0.29, 0.717) is 21.7 Å². The van der Waals surface area contributed by atoms with E-state index in [9.17, 15) is 9.59 Å². The van der Waals surface area contributed by atoms with Crippen molar-refractivity contribution in [3.05, 3.63) is 21.9 Å². The maximum Gasteiger partial charge on any atom is 0.205 e. The number of nitrogens with two attached hydrogens (primary N) is 2. The lowest BCUT2D eigenvalue weighted by Crippen LogP contribution is -2.38. The number of rotatable bonds is 2. The van der Waals surface area contributed by atoms with Crippen LogP contribution in [0.25, 0.3) is 0 Å². The third kappa shape index (κ3) is 7.74. The first-order valence-electron chi connectivity index (χ1n) is 7.59. The summed E-state index contributed by atoms with van der Waals surface area (Å²) in [6, 6.07) is 3.37. The molecule has 0 unspecified atom stereocenters. The highest BCUT2D eigenvalue weighted by Crippen LogP contribution is 2.16. The predicted octanol–water partition coefficient (Wildman–Crippen LogP) is -1.03. The first-order valence-corrected chi connectivity index (χ1v) is 8.41. The van der Waals surface area contributed by atoms with Gasteiger partial charge in [-0.1, -0.05) is 0 Å². The number of aliphatic imine (C=N–C) groups is 2. The van der Waals surface area contributed by atoms with E-state index < -0.39 is 0 Å². The number of hydrogen-bond acceptors (Lipinski definition) is 11. The van der Waals surface area contributed by atoms with Crippen LogP contribution in [0, 0.1) is 0 Å². The van der Waals surface area contributed by atoms with Crippen molar-refractivity contribution in [3.63, 3.8) is 0 Å². The number of nitrogens with one attached hydrogen (secondary N) is 4. The van der Waals surface area contributed by atoms with E-state index in [1.54, 1.807) is 12.1 Å². The van der Waals surface area contributed by atoms with Gasteiger partial charge in [-0.05, 0) is 26.0 Å². The maximum absolute atomic E-state index is 10.8. The minimum atomic E-state index is 0.0162. The number of ketones is 2. The molecule has 0 saturated heterocycles. The minimum Gasteiger partial charge on any atom is -0.353 e. The molecular formula is C14H24N8O2S. The molecule has 0 amide bonds. The fraction of sp³-hybridized carbons (Fsp3) is 0.429. The first-order chi connectivity index (χ1) is 12.0. The summed E-state index contributed by atoms with van der Waals surface area (Å²) in [6.07, 6.45) is 0. The third-order valence-corrected chi connectivity index (χ3v) is 4.21. The number of Topliss-reactive ketones (excluding diaryl/α,β-unsaturated/α-hetero) is 2. The molecule has 8 N–H and O–H groups in total. The lowest BCUT2D eigenvalue weighted by atomic mass is 10.3. The van der Waals surface area contributed by atoms with Crippen molar-refractivity contribution in [2.45, 2.75) is 13.8 Å². The van der Waals surface area contributed by atoms with Crippen LogP contribution in [-0.4, -0.2) is 49.7 Å². The van der Waals surface area contributed by atoms with Gasteiger partial charge in [-0.25, -0.2) is 11.7 Å². The zero-order valence-corrected chi connectivity index (χ0v) is 15.1. The Labute approximate surface area is 150 Å². The number of guanidine groups is 2. The van der Waals surface area contributed by atoms with Crippen LogP contribution >= 0.6 is 11.3 Å². The van der Waals surface area contributed by atoms with Crippen LogP contribution in [0.1, 0.15) is 33.2 Å². The summed E-state index contributed by atoms with van der Waals surface area (Å²) in [5.74, 6) is 11.4. The molecule has 2 aliphatic heterocycles. The van der Waals surface area contributed by atoms with E-state index in [0.717, 1.165) is 26.2 Å². The van der Waals surface area contributed by atoms with Crippen LogP contribution in [-0.2, 0) is 0 Å². The minimum absolute atomic E-state index is 0.0162. The van der Waals surface area contributed by atoms with E-state index in [-0.39, 0.29) is 11.6 Å². The summed E-state index contributed by atoms with van der Waals surface area (Å²) in [7, 11) is 0. The molecule has 0 spiro atoms. The first kappa shape index (κ1) is 20.5. The van der Waals surface area contributed by atoms with E-state index in [4.69, 9.17) is 11.7 Å². The molecule has 3 rings (SSSR count).